The quantitative estimate of drug-likeness (QED) is 0.0114. The van der Waals surface area contributed by atoms with Crippen molar-refractivity contribution < 1.29 is 106 Å². The van der Waals surface area contributed by atoms with Gasteiger partial charge >= 0.3 is 0 Å². The summed E-state index contributed by atoms with van der Waals surface area (Å²) in [6, 6.07) is 56.7. The van der Waals surface area contributed by atoms with Crippen LogP contribution in [0.15, 0.2) is 253 Å². The number of carbonyl (C=O) groups excluding carboxylic acids is 5. The number of phenols is 1. The van der Waals surface area contributed by atoms with Crippen LogP contribution in [0.25, 0.3) is 0 Å². The van der Waals surface area contributed by atoms with Crippen molar-refractivity contribution in [2.24, 2.45) is 5.73 Å². The molecule has 6 aromatic carbocycles. The number of amides is 3. The lowest BCUT2D eigenvalue weighted by Gasteiger charge is -2.29. The van der Waals surface area contributed by atoms with Crippen LogP contribution in [0.2, 0.25) is 0 Å². The SMILES string of the molecule is COc1cc(C=O)ccc1O.COc1cc(C=O)ccc1OCCc1ccccn1.COc1cc(CN(C2CCCCNC2=O)S(=O)(=O)c2ccc(F)cc2)ccc1OCCc1ccccn1.COc1cc(CNC2CCCCNC2=O)ccc1OCCc1ccccn1.CS(=O)(=O)OCCc1ccccn1.NC1CCCCNC1=O.O=S(=O)(Cl)c1ccc(F)cc1.OCCc1ccccn1. The van der Waals surface area contributed by atoms with E-state index < -0.39 is 46.9 Å². The maximum absolute atomic E-state index is 13.7. The Hall–Kier alpha value is -13.0. The van der Waals surface area contributed by atoms with Gasteiger partial charge in [0.1, 0.15) is 30.2 Å². The number of nitrogens with two attached hydrogens (primary N) is 1. The zero-order valence-electron chi connectivity index (χ0n) is 76.2. The number of ether oxygens (including phenoxy) is 7. The van der Waals surface area contributed by atoms with Crippen molar-refractivity contribution in [2.45, 2.75) is 131 Å². The third-order valence-electron chi connectivity index (χ3n) is 20.0. The highest BCUT2D eigenvalue weighted by Crippen LogP contribution is 2.34. The number of rotatable bonds is 33. The fourth-order valence-electron chi connectivity index (χ4n) is 12.9. The first-order valence-corrected chi connectivity index (χ1v) is 49.1. The molecule has 38 heteroatoms. The fraction of sp³-hybridized carbons (Fsp3) is 0.327. The van der Waals surface area contributed by atoms with Crippen LogP contribution < -0.4 is 60.2 Å². The zero-order chi connectivity index (χ0) is 98.4. The average Bonchev–Trinajstić information content (AvgIpc) is 1.08. The normalized spacial score (nSPS) is 14.5. The second-order valence-electron chi connectivity index (χ2n) is 30.0. The predicted octanol–water partition coefficient (Wildman–Crippen LogP) is 12.5. The lowest BCUT2D eigenvalue weighted by Crippen LogP contribution is -2.48. The van der Waals surface area contributed by atoms with E-state index in [1.54, 1.807) is 87.7 Å². The van der Waals surface area contributed by atoms with E-state index in [0.29, 0.717) is 128 Å². The van der Waals surface area contributed by atoms with Gasteiger partial charge in [-0.25, -0.2) is 25.6 Å². The van der Waals surface area contributed by atoms with Gasteiger partial charge in [0.05, 0.1) is 83.0 Å². The summed E-state index contributed by atoms with van der Waals surface area (Å²) in [6.07, 6.45) is 22.2. The fourth-order valence-corrected chi connectivity index (χ4v) is 15.6. The molecule has 3 unspecified atom stereocenters. The molecule has 11 aromatic rings. The van der Waals surface area contributed by atoms with E-state index in [9.17, 15) is 58.0 Å². The number of aliphatic hydroxyl groups is 1. The van der Waals surface area contributed by atoms with E-state index in [4.69, 9.17) is 59.8 Å². The molecule has 0 aliphatic carbocycles. The number of nitrogens with zero attached hydrogens (tertiary/aromatic N) is 6. The van der Waals surface area contributed by atoms with Gasteiger partial charge < -0.3 is 70.4 Å². The summed E-state index contributed by atoms with van der Waals surface area (Å²) in [6.45, 7) is 4.37. The highest BCUT2D eigenvalue weighted by atomic mass is 35.7. The van der Waals surface area contributed by atoms with Crippen LogP contribution in [-0.4, -0.2) is 200 Å². The van der Waals surface area contributed by atoms with E-state index >= 15 is 0 Å². The van der Waals surface area contributed by atoms with E-state index in [0.717, 1.165) is 154 Å². The molecule has 3 amide bonds. The number of hydrogen-bond acceptors (Lipinski definition) is 28. The monoisotopic (exact) mass is 1950 g/mol. The number of carbonyl (C=O) groups is 5. The molecule has 0 saturated carbocycles. The van der Waals surface area contributed by atoms with Crippen LogP contribution in [0, 0.1) is 11.6 Å². The molecule has 8 heterocycles. The predicted molar refractivity (Wildman–Crippen MR) is 510 cm³/mol. The lowest BCUT2D eigenvalue weighted by molar-refractivity contribution is -0.125. The molecule has 136 heavy (non-hydrogen) atoms. The summed E-state index contributed by atoms with van der Waals surface area (Å²) >= 11 is 0. The Kier molecular flexibility index (Phi) is 48.9. The van der Waals surface area contributed by atoms with Gasteiger partial charge in [-0.2, -0.15) is 12.7 Å². The number of aliphatic hydroxyl groups excluding tert-OH is 1. The minimum Gasteiger partial charge on any atom is -0.504 e. The summed E-state index contributed by atoms with van der Waals surface area (Å²) in [4.78, 5) is 77.3. The number of phenolic OH excluding ortho intramolecular Hbond substituents is 1. The Morgan fingerprint density at radius 2 is 0.846 bits per heavy atom. The van der Waals surface area contributed by atoms with Crippen molar-refractivity contribution in [3.63, 3.8) is 0 Å². The van der Waals surface area contributed by atoms with Crippen molar-refractivity contribution in [1.82, 2.24) is 50.5 Å². The van der Waals surface area contributed by atoms with Gasteiger partial charge in [0.2, 0.25) is 27.7 Å². The van der Waals surface area contributed by atoms with Gasteiger partial charge in [0, 0.05) is 153 Å². The van der Waals surface area contributed by atoms with E-state index in [1.807, 2.05) is 103 Å². The molecule has 8 N–H and O–H groups in total. The Bertz CT molecular complexity index is 5780. The van der Waals surface area contributed by atoms with Crippen molar-refractivity contribution in [1.29, 1.82) is 0 Å². The van der Waals surface area contributed by atoms with E-state index in [2.05, 4.69) is 50.4 Å². The number of benzene rings is 6. The van der Waals surface area contributed by atoms with Crippen molar-refractivity contribution in [3.05, 3.63) is 306 Å². The summed E-state index contributed by atoms with van der Waals surface area (Å²) in [5, 5.41) is 29.4. The van der Waals surface area contributed by atoms with Gasteiger partial charge in [-0.1, -0.05) is 42.5 Å². The standard InChI is InChI=1S/C27H30FN3O5S.C21H27N3O3.C15H15NO3.C8H11NO3S.C8H8O3.C7H9NO.C6H4ClFO2S.C6H12N2O/c1-35-26-18-20(8-13-25(26)36-17-14-22-6-2-4-15-29-22)19-31(24-7-3-5-16-30-27(24)32)37(33,34)23-11-9-21(28)10-12-23;1-26-20-14-16(15-24-18-7-3-5-12-23-21(18)25)8-9-19(20)27-13-10-17-6-2-4-11-22-17;1-18-15-10-12(11-17)5-6-14(15)19-9-7-13-4-2-3-8-16-13;1-13(10,11)12-7-5-8-4-2-3-6-9-8;1-11-8-4-6(5-9)2-3-7(8)10;9-6-4-7-3-1-2-5-8-7;7-11(9,10)6-3-1-5(8)2-4-6;7-5-3-1-2-4-8-6(5)9/h2,4,6,8-13,15,18,24H,3,5,7,14,16-17,19H2,1H3,(H,30,32);2,4,6,8-9,11,14,18,24H,3,5,7,10,12-13,15H2,1H3,(H,23,25);2-6,8,10-11H,7,9H2,1H3;2-4,6H,5,7H2,1H3;2-5,10H,1H3;1-3,5,9H,4,6H2;1-4H;5H,1-4,7H2,(H,8,9). The van der Waals surface area contributed by atoms with Crippen molar-refractivity contribution in [3.8, 4) is 46.0 Å². The molecule has 14 rings (SSSR count). The van der Waals surface area contributed by atoms with Gasteiger partial charge in [-0.15, -0.1) is 0 Å². The summed E-state index contributed by atoms with van der Waals surface area (Å²) in [7, 11) is -0.0564. The number of aromatic hydroxyl groups is 1. The van der Waals surface area contributed by atoms with E-state index in [1.165, 1.54) is 48.9 Å². The molecule has 3 aliphatic rings. The first kappa shape index (κ1) is 110. The van der Waals surface area contributed by atoms with Crippen molar-refractivity contribution >= 4 is 70.2 Å². The topological polar surface area (TPSA) is 444 Å². The van der Waals surface area contributed by atoms with Gasteiger partial charge in [-0.3, -0.25) is 53.1 Å². The first-order valence-electron chi connectivity index (χ1n) is 43.5. The van der Waals surface area contributed by atoms with Crippen LogP contribution in [0.4, 0.5) is 8.78 Å². The molecule has 0 spiro atoms. The third-order valence-corrected chi connectivity index (χ3v) is 23.8. The molecular formula is C98H116ClF2N11O21S3. The maximum atomic E-state index is 13.7. The largest absolute Gasteiger partial charge is 0.504 e. The number of nitrogens with one attached hydrogen (secondary N) is 4. The Morgan fingerprint density at radius 3 is 1.28 bits per heavy atom. The maximum Gasteiger partial charge on any atom is 0.264 e. The molecule has 3 saturated heterocycles. The third kappa shape index (κ3) is 41.1. The molecule has 728 valence electrons. The van der Waals surface area contributed by atoms with Gasteiger partial charge in [-0.05, 0) is 239 Å². The van der Waals surface area contributed by atoms with Crippen LogP contribution >= 0.6 is 10.7 Å². The Balaban J connectivity index is 0.000000224. The molecule has 5 aromatic heterocycles. The second kappa shape index (κ2) is 60.4. The number of aromatic nitrogens is 5. The highest BCUT2D eigenvalue weighted by Gasteiger charge is 2.37. The number of halogens is 3. The number of hydrogen-bond donors (Lipinski definition) is 7. The zero-order valence-corrected chi connectivity index (χ0v) is 79.4. The van der Waals surface area contributed by atoms with Crippen LogP contribution in [0.3, 0.4) is 0 Å². The highest BCUT2D eigenvalue weighted by molar-refractivity contribution is 8.13. The van der Waals surface area contributed by atoms with Crippen LogP contribution in [0.1, 0.15) is 118 Å². The lowest BCUT2D eigenvalue weighted by atomic mass is 10.1. The summed E-state index contributed by atoms with van der Waals surface area (Å²) in [5.74, 6) is 2.64. The molecule has 0 bridgehead atoms. The Labute approximate surface area is 797 Å². The number of pyridine rings is 5. The van der Waals surface area contributed by atoms with Gasteiger partial charge in [0.25, 0.3) is 19.2 Å². The minimum absolute atomic E-state index is 0.00694. The molecule has 3 atom stereocenters. The molecule has 32 nitrogen and oxygen atoms in total. The van der Waals surface area contributed by atoms with E-state index in [-0.39, 0.29) is 65.1 Å². The van der Waals surface area contributed by atoms with Gasteiger partial charge in [0.15, 0.2) is 46.0 Å². The van der Waals surface area contributed by atoms with Crippen molar-refractivity contribution in [2.75, 3.05) is 87.4 Å². The van der Waals surface area contributed by atoms with Crippen LogP contribution in [-0.2, 0) is 93.0 Å². The summed E-state index contributed by atoms with van der Waals surface area (Å²) in [5.41, 5.74) is 12.8. The molecule has 0 radical (unpaired) electrons. The number of methoxy groups -OCH3 is 4. The number of aldehydes is 2. The average molecular weight is 1950 g/mol. The summed E-state index contributed by atoms with van der Waals surface area (Å²) < 4.78 is 140. The Morgan fingerprint density at radius 1 is 0.456 bits per heavy atom. The second-order valence-corrected chi connectivity index (χ2v) is 36.1. The molecule has 3 fully saturated rings. The molecular weight excluding hydrogens is 1840 g/mol. The molecule has 3 aliphatic heterocycles. The first-order chi connectivity index (χ1) is 65.6. The smallest absolute Gasteiger partial charge is 0.264 e. The number of sulfonamides is 1. The minimum atomic E-state index is -4.11. The van der Waals surface area contributed by atoms with Crippen LogP contribution in [0.5, 0.6) is 46.0 Å².